The number of hydrogen-bond donors (Lipinski definition) is 4. The Morgan fingerprint density at radius 2 is 1.91 bits per heavy atom. The van der Waals surface area contributed by atoms with Gasteiger partial charge in [-0.2, -0.15) is 0 Å². The number of benzene rings is 1. The summed E-state index contributed by atoms with van der Waals surface area (Å²) in [5, 5.41) is 14.0. The highest BCUT2D eigenvalue weighted by Crippen LogP contribution is 2.32. The van der Waals surface area contributed by atoms with E-state index in [1.165, 1.54) is 11.8 Å². The fraction of sp³-hybridized carbons (Fsp3) is 0.417. The summed E-state index contributed by atoms with van der Waals surface area (Å²) < 4.78 is 0. The number of aliphatic imine (C=N–C) groups is 1. The van der Waals surface area contributed by atoms with E-state index in [1.807, 2.05) is 38.1 Å². The van der Waals surface area contributed by atoms with E-state index in [0.717, 1.165) is 22.8 Å². The van der Waals surface area contributed by atoms with Crippen molar-refractivity contribution in [1.29, 1.82) is 0 Å². The third-order valence-electron chi connectivity index (χ3n) is 5.64. The average molecular weight is 484 g/mol. The van der Waals surface area contributed by atoms with Crippen LogP contribution in [0.4, 0.5) is 17.3 Å². The molecular formula is C24H33N7O2S. The molecule has 1 aliphatic rings. The first kappa shape index (κ1) is 25.5. The van der Waals surface area contributed by atoms with Crippen molar-refractivity contribution in [2.45, 2.75) is 62.1 Å². The number of allylic oxidation sites excluding steroid dienone is 1. The second kappa shape index (κ2) is 11.3. The number of nitrogens with zero attached hydrogens (tertiary/aromatic N) is 4. The van der Waals surface area contributed by atoms with Crippen molar-refractivity contribution in [1.82, 2.24) is 9.97 Å². The number of nitrogens with two attached hydrogens (primary N) is 2. The smallest absolute Gasteiger partial charge is 0.224 e. The van der Waals surface area contributed by atoms with Gasteiger partial charge in [-0.25, -0.2) is 15.0 Å². The lowest BCUT2D eigenvalue weighted by molar-refractivity contribution is -0.115. The van der Waals surface area contributed by atoms with E-state index in [2.05, 4.69) is 20.2 Å². The molecule has 10 heteroatoms. The Morgan fingerprint density at radius 3 is 2.50 bits per heavy atom. The topological polar surface area (TPSA) is 143 Å². The van der Waals surface area contributed by atoms with Crippen molar-refractivity contribution in [3.8, 4) is 0 Å². The molecule has 0 atom stereocenters. The minimum atomic E-state index is -0.620. The van der Waals surface area contributed by atoms with Gasteiger partial charge >= 0.3 is 0 Å². The summed E-state index contributed by atoms with van der Waals surface area (Å²) in [5.41, 5.74) is 12.4. The second-order valence-corrected chi connectivity index (χ2v) is 9.43. The van der Waals surface area contributed by atoms with Crippen LogP contribution in [-0.2, 0) is 4.79 Å². The molecule has 0 spiro atoms. The first-order chi connectivity index (χ1) is 16.2. The normalized spacial score (nSPS) is 16.4. The van der Waals surface area contributed by atoms with E-state index in [1.54, 1.807) is 19.1 Å². The summed E-state index contributed by atoms with van der Waals surface area (Å²) in [4.78, 5) is 28.4. The number of piperidine rings is 1. The number of nitrogens with one attached hydrogen (secondary N) is 1. The maximum Gasteiger partial charge on any atom is 0.224 e. The van der Waals surface area contributed by atoms with Gasteiger partial charge in [0.2, 0.25) is 5.91 Å². The molecule has 0 saturated carbocycles. The Kier molecular flexibility index (Phi) is 8.51. The molecule has 2 heterocycles. The van der Waals surface area contributed by atoms with Crippen molar-refractivity contribution < 1.29 is 9.90 Å². The first-order valence-corrected chi connectivity index (χ1v) is 12.2. The van der Waals surface area contributed by atoms with Gasteiger partial charge in [0.25, 0.3) is 0 Å². The van der Waals surface area contributed by atoms with E-state index in [9.17, 15) is 9.90 Å². The molecule has 0 bridgehead atoms. The molecule has 34 heavy (non-hydrogen) atoms. The summed E-state index contributed by atoms with van der Waals surface area (Å²) >= 11 is 1.40. The van der Waals surface area contributed by atoms with Crippen molar-refractivity contribution in [3.63, 3.8) is 0 Å². The molecule has 0 radical (unpaired) electrons. The van der Waals surface area contributed by atoms with Gasteiger partial charge < -0.3 is 26.8 Å². The lowest BCUT2D eigenvalue weighted by Gasteiger charge is -2.38. The SMILES string of the molecule is CCC(=O)Nc1ccc(Sc2nc(N=C(N)C=C(C)N)cc(N3CCC(O)(CC)CC3)n2)cc1. The summed E-state index contributed by atoms with van der Waals surface area (Å²) in [6.07, 6.45) is 4.10. The third-order valence-corrected chi connectivity index (χ3v) is 6.52. The summed E-state index contributed by atoms with van der Waals surface area (Å²) in [6.45, 7) is 6.95. The van der Waals surface area contributed by atoms with Crippen LogP contribution < -0.4 is 21.7 Å². The van der Waals surface area contributed by atoms with E-state index < -0.39 is 5.60 Å². The first-order valence-electron chi connectivity index (χ1n) is 11.4. The predicted octanol–water partition coefficient (Wildman–Crippen LogP) is 3.57. The highest BCUT2D eigenvalue weighted by atomic mass is 32.2. The average Bonchev–Trinajstić information content (AvgIpc) is 2.80. The predicted molar refractivity (Wildman–Crippen MR) is 137 cm³/mol. The highest BCUT2D eigenvalue weighted by molar-refractivity contribution is 7.99. The molecule has 1 fully saturated rings. The van der Waals surface area contributed by atoms with Gasteiger partial charge in [0.05, 0.1) is 5.60 Å². The number of amidine groups is 1. The quantitative estimate of drug-likeness (QED) is 0.253. The minimum Gasteiger partial charge on any atom is -0.402 e. The second-order valence-electron chi connectivity index (χ2n) is 8.39. The number of hydrogen-bond acceptors (Lipinski definition) is 8. The summed E-state index contributed by atoms with van der Waals surface area (Å²) in [7, 11) is 0. The number of anilines is 2. The molecule has 6 N–H and O–H groups in total. The standard InChI is InChI=1S/C24H33N7O2S/c1-4-22(32)27-17-6-8-18(9-7-17)34-23-29-20(28-19(26)14-16(3)25)15-21(30-23)31-12-10-24(33,5-2)11-13-31/h6-9,14-15,33H,4-5,10-13,25H2,1-3H3,(H,27,32)(H2,26,28,29,30). The van der Waals surface area contributed by atoms with Crippen LogP contribution in [0.1, 0.15) is 46.5 Å². The van der Waals surface area contributed by atoms with Gasteiger partial charge in [0.15, 0.2) is 11.0 Å². The molecule has 1 amide bonds. The van der Waals surface area contributed by atoms with E-state index in [4.69, 9.17) is 16.5 Å². The van der Waals surface area contributed by atoms with Crippen LogP contribution in [0.3, 0.4) is 0 Å². The third kappa shape index (κ3) is 7.19. The van der Waals surface area contributed by atoms with E-state index in [0.29, 0.717) is 49.0 Å². The van der Waals surface area contributed by atoms with Crippen LogP contribution in [0, 0.1) is 0 Å². The van der Waals surface area contributed by atoms with Crippen LogP contribution in [0.25, 0.3) is 0 Å². The number of carbonyl (C=O) groups excluding carboxylic acids is 1. The fourth-order valence-electron chi connectivity index (χ4n) is 3.53. The lowest BCUT2D eigenvalue weighted by atomic mass is 9.89. The fourth-order valence-corrected chi connectivity index (χ4v) is 4.29. The molecule has 9 nitrogen and oxygen atoms in total. The molecule has 1 aliphatic heterocycles. The van der Waals surface area contributed by atoms with Gasteiger partial charge in [-0.15, -0.1) is 0 Å². The Labute approximate surface area is 204 Å². The number of aromatic nitrogens is 2. The van der Waals surface area contributed by atoms with Crippen molar-refractivity contribution >= 4 is 40.8 Å². The highest BCUT2D eigenvalue weighted by Gasteiger charge is 2.31. The van der Waals surface area contributed by atoms with Crippen LogP contribution in [-0.4, -0.2) is 45.5 Å². The van der Waals surface area contributed by atoms with Crippen LogP contribution >= 0.6 is 11.8 Å². The number of aliphatic hydroxyl groups is 1. The maximum absolute atomic E-state index is 11.6. The number of rotatable bonds is 8. The zero-order valence-corrected chi connectivity index (χ0v) is 20.7. The summed E-state index contributed by atoms with van der Waals surface area (Å²) in [5.74, 6) is 1.40. The van der Waals surface area contributed by atoms with Crippen LogP contribution in [0.2, 0.25) is 0 Å². The zero-order valence-electron chi connectivity index (χ0n) is 19.9. The largest absolute Gasteiger partial charge is 0.402 e. The van der Waals surface area contributed by atoms with Gasteiger partial charge in [0.1, 0.15) is 11.7 Å². The van der Waals surface area contributed by atoms with Crippen molar-refractivity contribution in [2.24, 2.45) is 16.5 Å². The molecule has 1 aromatic heterocycles. The molecule has 0 unspecified atom stereocenters. The Balaban J connectivity index is 1.87. The van der Waals surface area contributed by atoms with Crippen molar-refractivity contribution in [3.05, 3.63) is 42.1 Å². The molecular weight excluding hydrogens is 450 g/mol. The minimum absolute atomic E-state index is 0.0326. The van der Waals surface area contributed by atoms with Gasteiger partial charge in [-0.05, 0) is 68.3 Å². The summed E-state index contributed by atoms with van der Waals surface area (Å²) in [6, 6.07) is 9.32. The lowest BCUT2D eigenvalue weighted by Crippen LogP contribution is -2.44. The molecule has 2 aromatic rings. The van der Waals surface area contributed by atoms with Gasteiger partial charge in [-0.1, -0.05) is 13.8 Å². The maximum atomic E-state index is 11.6. The molecule has 0 aliphatic carbocycles. The molecule has 1 saturated heterocycles. The number of amides is 1. The van der Waals surface area contributed by atoms with E-state index in [-0.39, 0.29) is 11.7 Å². The Morgan fingerprint density at radius 1 is 1.24 bits per heavy atom. The molecule has 1 aromatic carbocycles. The Bertz CT molecular complexity index is 1060. The van der Waals surface area contributed by atoms with Gasteiger partial charge in [-0.3, -0.25) is 4.79 Å². The number of carbonyl (C=O) groups is 1. The molecule has 182 valence electrons. The van der Waals surface area contributed by atoms with Crippen LogP contribution in [0.15, 0.2) is 57.1 Å². The van der Waals surface area contributed by atoms with Crippen molar-refractivity contribution in [2.75, 3.05) is 23.3 Å². The van der Waals surface area contributed by atoms with Gasteiger partial charge in [0, 0.05) is 41.9 Å². The monoisotopic (exact) mass is 483 g/mol. The molecule has 3 rings (SSSR count). The Hall–Kier alpha value is -3.11. The zero-order chi connectivity index (χ0) is 24.7. The van der Waals surface area contributed by atoms with E-state index >= 15 is 0 Å². The van der Waals surface area contributed by atoms with Crippen LogP contribution in [0.5, 0.6) is 0 Å².